The van der Waals surface area contributed by atoms with Crippen molar-refractivity contribution in [3.05, 3.63) is 206 Å². The van der Waals surface area contributed by atoms with Gasteiger partial charge in [0.25, 0.3) is 0 Å². The van der Waals surface area contributed by atoms with Gasteiger partial charge in [0, 0.05) is 35.3 Å². The highest BCUT2D eigenvalue weighted by molar-refractivity contribution is 5.90. The third kappa shape index (κ3) is 9.50. The molecular formula is C57H56O8. The van der Waals surface area contributed by atoms with Crippen LogP contribution in [0.25, 0.3) is 11.0 Å². The molecule has 2 bridgehead atoms. The van der Waals surface area contributed by atoms with Crippen LogP contribution in [0.1, 0.15) is 115 Å². The van der Waals surface area contributed by atoms with Crippen molar-refractivity contribution in [2.75, 3.05) is 0 Å². The van der Waals surface area contributed by atoms with E-state index in [-0.39, 0.29) is 29.8 Å². The lowest BCUT2D eigenvalue weighted by atomic mass is 9.72. The fraction of sp³-hybridized carbons (Fsp3) is 0.316. The maximum Gasteiger partial charge on any atom is 0.336 e. The summed E-state index contributed by atoms with van der Waals surface area (Å²) in [6.45, 7) is 5.30. The Balaban J connectivity index is 1.13. The molecule has 4 heterocycles. The van der Waals surface area contributed by atoms with Gasteiger partial charge >= 0.3 is 17.6 Å². The van der Waals surface area contributed by atoms with Crippen molar-refractivity contribution < 1.29 is 33.3 Å². The maximum atomic E-state index is 15.0. The number of aliphatic hydroxyl groups excluding tert-OH is 1. The summed E-state index contributed by atoms with van der Waals surface area (Å²) in [7, 11) is 0. The molecule has 6 atom stereocenters. The minimum atomic E-state index is -1.22. The summed E-state index contributed by atoms with van der Waals surface area (Å²) >= 11 is 0. The van der Waals surface area contributed by atoms with E-state index in [4.69, 9.17) is 18.6 Å². The van der Waals surface area contributed by atoms with Crippen LogP contribution in [-0.4, -0.2) is 28.8 Å². The Morgan fingerprint density at radius 3 is 2.23 bits per heavy atom. The lowest BCUT2D eigenvalue weighted by molar-refractivity contribution is -0.192. The van der Waals surface area contributed by atoms with Crippen LogP contribution in [0.4, 0.5) is 0 Å². The number of rotatable bonds is 8. The van der Waals surface area contributed by atoms with Gasteiger partial charge in [0.05, 0.1) is 12.2 Å². The normalized spacial score (nSPS) is 23.1. The zero-order chi connectivity index (χ0) is 45.1. The van der Waals surface area contributed by atoms with E-state index < -0.39 is 42.0 Å². The molecule has 0 amide bonds. The monoisotopic (exact) mass is 868 g/mol. The first-order chi connectivity index (χ1) is 31.5. The molecule has 0 spiro atoms. The maximum absolute atomic E-state index is 15.0. The van der Waals surface area contributed by atoms with Gasteiger partial charge in [-0.1, -0.05) is 127 Å². The Hall–Kier alpha value is -6.51. The summed E-state index contributed by atoms with van der Waals surface area (Å²) in [4.78, 5) is 42.7. The van der Waals surface area contributed by atoms with E-state index in [0.717, 1.165) is 35.1 Å². The van der Waals surface area contributed by atoms with Crippen molar-refractivity contribution in [3.8, 4) is 5.75 Å². The Morgan fingerprint density at radius 1 is 0.754 bits per heavy atom. The zero-order valence-electron chi connectivity index (χ0n) is 37.3. The fourth-order valence-corrected chi connectivity index (χ4v) is 10.2. The number of carbonyl (C=O) groups excluding carboxylic acids is 2. The van der Waals surface area contributed by atoms with E-state index >= 15 is 0 Å². The van der Waals surface area contributed by atoms with Crippen LogP contribution in [-0.2, 0) is 44.9 Å². The molecule has 1 aliphatic carbocycles. The van der Waals surface area contributed by atoms with Crippen LogP contribution in [0.3, 0.4) is 0 Å². The standard InChI is InChI=1S/C57H56O8/c1-36(2)46-25-21-38-19-22-41(23-20-38)47-26-24-43(42-18-10-16-40(31-42)30-39-14-8-5-9-15-39)32-44(47)33-50(59)63-54-52-49(28-27-48-45(35-58)34-51(60)62-53(48)52)65-57(3,55(54)64-56(46)61)29-11-17-37-12-6-4-7-13-37/h4-10,12-16,18-20,22-24,26-28,31,34,43-44,47,54-55,58H,11,17,21,25,29-30,32-33,35H2,1-3H3. The van der Waals surface area contributed by atoms with Crippen molar-refractivity contribution in [2.45, 2.75) is 108 Å². The summed E-state index contributed by atoms with van der Waals surface area (Å²) in [5, 5.41) is 10.8. The van der Waals surface area contributed by atoms with Gasteiger partial charge in [0.1, 0.15) is 16.9 Å². The molecule has 0 fully saturated rings. The number of aliphatic hydroxyl groups is 1. The molecule has 3 aliphatic heterocycles. The third-order valence-electron chi connectivity index (χ3n) is 13.7. The number of esters is 2. The van der Waals surface area contributed by atoms with E-state index in [1.807, 2.05) is 45.0 Å². The van der Waals surface area contributed by atoms with E-state index in [2.05, 4.69) is 97.1 Å². The number of hydrogen-bond acceptors (Lipinski definition) is 8. The molecule has 332 valence electrons. The highest BCUT2D eigenvalue weighted by Crippen LogP contribution is 2.50. The van der Waals surface area contributed by atoms with Crippen molar-refractivity contribution in [1.29, 1.82) is 0 Å². The van der Waals surface area contributed by atoms with E-state index in [1.165, 1.54) is 22.8 Å². The van der Waals surface area contributed by atoms with Crippen LogP contribution in [0.2, 0.25) is 0 Å². The molecule has 6 aromatic rings. The van der Waals surface area contributed by atoms with Crippen LogP contribution in [0, 0.1) is 5.92 Å². The average molecular weight is 869 g/mol. The highest BCUT2D eigenvalue weighted by Gasteiger charge is 2.53. The molecule has 1 N–H and O–H groups in total. The minimum absolute atomic E-state index is 0.0627. The topological polar surface area (TPSA) is 112 Å². The Morgan fingerprint density at radius 2 is 1.49 bits per heavy atom. The molecular weight excluding hydrogens is 813 g/mol. The molecule has 10 rings (SSSR count). The molecule has 4 aliphatic rings. The van der Waals surface area contributed by atoms with Gasteiger partial charge in [-0.3, -0.25) is 4.79 Å². The zero-order valence-corrected chi connectivity index (χ0v) is 37.3. The molecule has 5 aromatic carbocycles. The lowest BCUT2D eigenvalue weighted by Gasteiger charge is -2.45. The summed E-state index contributed by atoms with van der Waals surface area (Å²) in [5.41, 5.74) is 7.30. The largest absolute Gasteiger partial charge is 0.483 e. The average Bonchev–Trinajstić information content (AvgIpc) is 3.30. The number of carbonyl (C=O) groups is 2. The van der Waals surface area contributed by atoms with Gasteiger partial charge in [-0.25, -0.2) is 9.59 Å². The fourth-order valence-electron chi connectivity index (χ4n) is 10.2. The minimum Gasteiger partial charge on any atom is -0.483 e. The van der Waals surface area contributed by atoms with E-state index in [9.17, 15) is 19.5 Å². The summed E-state index contributed by atoms with van der Waals surface area (Å²) < 4.78 is 26.3. The second kappa shape index (κ2) is 18.9. The third-order valence-corrected chi connectivity index (χ3v) is 13.7. The lowest BCUT2D eigenvalue weighted by Crippen LogP contribution is -2.54. The van der Waals surface area contributed by atoms with Crippen LogP contribution in [0.5, 0.6) is 5.75 Å². The molecule has 1 aromatic heterocycles. The molecule has 0 saturated carbocycles. The van der Waals surface area contributed by atoms with Crippen molar-refractivity contribution in [2.24, 2.45) is 5.92 Å². The number of ether oxygens (including phenoxy) is 3. The molecule has 0 saturated heterocycles. The highest BCUT2D eigenvalue weighted by atomic mass is 16.6. The van der Waals surface area contributed by atoms with E-state index in [1.54, 1.807) is 12.1 Å². The van der Waals surface area contributed by atoms with Crippen molar-refractivity contribution in [1.82, 2.24) is 0 Å². The Kier molecular flexibility index (Phi) is 12.7. The first-order valence-corrected chi connectivity index (χ1v) is 23.0. The Bertz CT molecular complexity index is 2800. The van der Waals surface area contributed by atoms with Gasteiger partial charge in [0.15, 0.2) is 12.2 Å². The van der Waals surface area contributed by atoms with Gasteiger partial charge < -0.3 is 23.7 Å². The number of allylic oxidation sites excluding steroid dienone is 3. The smallest absolute Gasteiger partial charge is 0.336 e. The van der Waals surface area contributed by atoms with Gasteiger partial charge in [-0.05, 0) is 123 Å². The van der Waals surface area contributed by atoms with Crippen molar-refractivity contribution in [3.63, 3.8) is 0 Å². The predicted molar refractivity (Wildman–Crippen MR) is 252 cm³/mol. The van der Waals surface area contributed by atoms with Gasteiger partial charge in [-0.15, -0.1) is 0 Å². The second-order valence-electron chi connectivity index (χ2n) is 18.4. The summed E-state index contributed by atoms with van der Waals surface area (Å²) in [6, 6.07) is 42.7. The molecule has 8 heteroatoms. The summed E-state index contributed by atoms with van der Waals surface area (Å²) in [6.07, 6.45) is 6.72. The second-order valence-corrected chi connectivity index (χ2v) is 18.4. The molecule has 0 radical (unpaired) electrons. The quantitative estimate of drug-likeness (QED) is 0.0696. The SMILES string of the molecule is CC(C)=C1CCc2ccc(cc2)C2C=CC(c3cccc(Cc4ccccc4)c3)CC2CC(=O)OC2c3c(ccc4c(CO)cc(=O)oc34)OC(C)(CCCc3ccccc3)C2OC1=O. The van der Waals surface area contributed by atoms with Crippen LogP contribution in [0.15, 0.2) is 160 Å². The number of hydrogen-bond donors (Lipinski definition) is 1. The van der Waals surface area contributed by atoms with Crippen LogP contribution >= 0.6 is 0 Å². The molecule has 6 unspecified atom stereocenters. The number of benzene rings is 5. The first kappa shape index (κ1) is 43.7. The van der Waals surface area contributed by atoms with E-state index in [0.29, 0.717) is 59.9 Å². The molecule has 65 heavy (non-hydrogen) atoms. The number of fused-ring (bicyclic) bond motifs is 11. The Labute approximate surface area is 380 Å². The van der Waals surface area contributed by atoms with Crippen LogP contribution < -0.4 is 10.4 Å². The van der Waals surface area contributed by atoms with Crippen molar-refractivity contribution >= 4 is 22.9 Å². The number of aryl methyl sites for hydroxylation is 2. The first-order valence-electron chi connectivity index (χ1n) is 23.0. The molecule has 8 nitrogen and oxygen atoms in total. The van der Waals surface area contributed by atoms with Gasteiger partial charge in [-0.2, -0.15) is 0 Å². The predicted octanol–water partition coefficient (Wildman–Crippen LogP) is 11.4. The van der Waals surface area contributed by atoms with Gasteiger partial charge in [0.2, 0.25) is 0 Å². The summed E-state index contributed by atoms with van der Waals surface area (Å²) in [5.74, 6) is -0.780.